The number of aldehydes is 1. The first-order chi connectivity index (χ1) is 15.0. The maximum absolute atomic E-state index is 12.9. The Kier molecular flexibility index (Phi) is 5.77. The molecule has 0 aliphatic carbocycles. The Bertz CT molecular complexity index is 1300. The quantitative estimate of drug-likeness (QED) is 0.203. The van der Waals surface area contributed by atoms with E-state index in [4.69, 9.17) is 8.84 Å². The smallest absolute Gasteiger partial charge is 0.307 e. The summed E-state index contributed by atoms with van der Waals surface area (Å²) >= 11 is -2.47. The summed E-state index contributed by atoms with van der Waals surface area (Å²) < 4.78 is 26.5. The Morgan fingerprint density at radius 2 is 1.74 bits per heavy atom. The lowest BCUT2D eigenvalue weighted by molar-refractivity contribution is 0.103. The number of nitrogens with zero attached hydrogens (tertiary/aromatic N) is 2. The van der Waals surface area contributed by atoms with Crippen molar-refractivity contribution in [3.63, 3.8) is 0 Å². The molecule has 4 rings (SSSR count). The number of hydrogen-bond donors (Lipinski definition) is 1. The van der Waals surface area contributed by atoms with Crippen molar-refractivity contribution in [1.82, 2.24) is 4.57 Å². The summed E-state index contributed by atoms with van der Waals surface area (Å²) in [5, 5.41) is 1.96. The van der Waals surface area contributed by atoms with Gasteiger partial charge in [0.2, 0.25) is 0 Å². The highest BCUT2D eigenvalue weighted by molar-refractivity contribution is 7.74. The van der Waals surface area contributed by atoms with Crippen LogP contribution < -0.4 is 5.06 Å². The van der Waals surface area contributed by atoms with Crippen LogP contribution in [0.2, 0.25) is 0 Å². The second kappa shape index (κ2) is 8.65. The van der Waals surface area contributed by atoms with Gasteiger partial charge in [-0.2, -0.15) is 4.21 Å². The van der Waals surface area contributed by atoms with Crippen LogP contribution in [-0.4, -0.2) is 32.4 Å². The highest BCUT2D eigenvalue weighted by Gasteiger charge is 2.15. The molecule has 3 aromatic carbocycles. The molecule has 0 aliphatic heterocycles. The second-order valence-corrected chi connectivity index (χ2v) is 7.38. The van der Waals surface area contributed by atoms with E-state index in [2.05, 4.69) is 0 Å². The molecule has 31 heavy (non-hydrogen) atoms. The molecule has 4 aromatic rings. The van der Waals surface area contributed by atoms with Crippen LogP contribution in [-0.2, 0) is 15.6 Å². The van der Waals surface area contributed by atoms with Gasteiger partial charge in [0.15, 0.2) is 12.1 Å². The average molecular weight is 434 g/mol. The minimum absolute atomic E-state index is 0.120. The Hall–Kier alpha value is -3.59. The molecule has 0 saturated carbocycles. The van der Waals surface area contributed by atoms with Crippen molar-refractivity contribution in [2.75, 3.05) is 12.1 Å². The molecule has 1 atom stereocenters. The van der Waals surface area contributed by atoms with Crippen molar-refractivity contribution in [1.29, 1.82) is 0 Å². The maximum atomic E-state index is 12.9. The number of ketones is 1. The van der Waals surface area contributed by atoms with Crippen LogP contribution in [0.25, 0.3) is 16.6 Å². The molecule has 0 aliphatic rings. The number of hydrogen-bond acceptors (Lipinski definition) is 5. The number of rotatable bonds is 7. The summed E-state index contributed by atoms with van der Waals surface area (Å²) in [4.78, 5) is 24.7. The number of carbonyl (C=O) groups excluding carboxylic acids is 2. The molecule has 1 aromatic heterocycles. The zero-order chi connectivity index (χ0) is 22.0. The molecular formula is C23H18N2O5S. The van der Waals surface area contributed by atoms with Crippen molar-refractivity contribution >= 4 is 40.0 Å². The Morgan fingerprint density at radius 3 is 2.45 bits per heavy atom. The molecule has 0 spiro atoms. The molecule has 1 heterocycles. The van der Waals surface area contributed by atoms with Crippen LogP contribution in [0, 0.1) is 0 Å². The number of fused-ring (bicyclic) bond motifs is 1. The SMILES string of the molecule is CN(OS(=O)O)c1ccc2cc(C=O)n(-c3cccc(C(=O)c4ccccc4)c3)c2c1. The first-order valence-electron chi connectivity index (χ1n) is 9.32. The minimum atomic E-state index is -2.47. The molecule has 1 unspecified atom stereocenters. The number of aromatic nitrogens is 1. The van der Waals surface area contributed by atoms with Crippen molar-refractivity contribution in [3.05, 3.63) is 95.7 Å². The number of anilines is 1. The van der Waals surface area contributed by atoms with Gasteiger partial charge in [-0.25, -0.2) is 5.06 Å². The summed E-state index contributed by atoms with van der Waals surface area (Å²) in [5.74, 6) is -0.120. The lowest BCUT2D eigenvalue weighted by atomic mass is 10.0. The fourth-order valence-electron chi connectivity index (χ4n) is 3.46. The second-order valence-electron chi connectivity index (χ2n) is 6.80. The van der Waals surface area contributed by atoms with Gasteiger partial charge in [0.1, 0.15) is 0 Å². The van der Waals surface area contributed by atoms with E-state index in [1.54, 1.807) is 71.3 Å². The molecule has 156 valence electrons. The van der Waals surface area contributed by atoms with Crippen LogP contribution >= 0.6 is 0 Å². The van der Waals surface area contributed by atoms with Crippen LogP contribution in [0.5, 0.6) is 0 Å². The van der Waals surface area contributed by atoms with Crippen molar-refractivity contribution < 1.29 is 22.6 Å². The standard InChI is InChI=1S/C23H18N2O5S/c1-24(30-31(28)29)19-11-10-17-12-21(15-26)25(22(17)14-19)20-9-5-8-18(13-20)23(27)16-6-3-2-4-7-16/h2-15H,1H3,(H,28,29). The van der Waals surface area contributed by atoms with Gasteiger partial charge < -0.3 is 4.57 Å². The topological polar surface area (TPSA) is 88.8 Å². The van der Waals surface area contributed by atoms with Crippen LogP contribution in [0.3, 0.4) is 0 Å². The van der Waals surface area contributed by atoms with Crippen molar-refractivity contribution in [3.8, 4) is 5.69 Å². The van der Waals surface area contributed by atoms with Gasteiger partial charge in [-0.1, -0.05) is 48.5 Å². The van der Waals surface area contributed by atoms with Crippen molar-refractivity contribution in [2.45, 2.75) is 0 Å². The van der Waals surface area contributed by atoms with Gasteiger partial charge in [0.25, 0.3) is 0 Å². The van der Waals surface area contributed by atoms with Gasteiger partial charge in [0.05, 0.1) is 16.9 Å². The van der Waals surface area contributed by atoms with E-state index in [9.17, 15) is 13.8 Å². The summed E-state index contributed by atoms with van der Waals surface area (Å²) in [6, 6.07) is 23.0. The maximum Gasteiger partial charge on any atom is 0.325 e. The number of carbonyl (C=O) groups is 2. The van der Waals surface area contributed by atoms with Crippen molar-refractivity contribution in [2.24, 2.45) is 0 Å². The summed E-state index contributed by atoms with van der Waals surface area (Å²) in [6.45, 7) is 0. The zero-order valence-corrected chi connectivity index (χ0v) is 17.3. The normalized spacial score (nSPS) is 11.9. The Morgan fingerprint density at radius 1 is 1.00 bits per heavy atom. The van der Waals surface area contributed by atoms with Gasteiger partial charge >= 0.3 is 11.4 Å². The fraction of sp³-hybridized carbons (Fsp3) is 0.0435. The van der Waals surface area contributed by atoms with Gasteiger partial charge in [0, 0.05) is 29.2 Å². The third-order valence-electron chi connectivity index (χ3n) is 4.88. The number of hydroxylamine groups is 1. The van der Waals surface area contributed by atoms with E-state index in [0.29, 0.717) is 33.7 Å². The number of benzene rings is 3. The fourth-order valence-corrected chi connectivity index (χ4v) is 3.74. The van der Waals surface area contributed by atoms with E-state index < -0.39 is 11.4 Å². The third-order valence-corrected chi connectivity index (χ3v) is 5.23. The van der Waals surface area contributed by atoms with Crippen LogP contribution in [0.1, 0.15) is 26.4 Å². The summed E-state index contributed by atoms with van der Waals surface area (Å²) in [7, 11) is 1.50. The molecule has 8 heteroatoms. The molecule has 0 radical (unpaired) electrons. The first-order valence-corrected chi connectivity index (χ1v) is 10.3. The summed E-state index contributed by atoms with van der Waals surface area (Å²) in [6.07, 6.45) is 0.744. The van der Waals surface area contributed by atoms with Gasteiger partial charge in [-0.15, -0.1) is 4.28 Å². The predicted molar refractivity (Wildman–Crippen MR) is 119 cm³/mol. The molecule has 1 N–H and O–H groups in total. The third kappa shape index (κ3) is 4.17. The van der Waals surface area contributed by atoms with E-state index in [1.807, 2.05) is 12.1 Å². The van der Waals surface area contributed by atoms with E-state index >= 15 is 0 Å². The molecule has 0 amide bonds. The van der Waals surface area contributed by atoms with Gasteiger partial charge in [-0.05, 0) is 30.3 Å². The zero-order valence-electron chi connectivity index (χ0n) is 16.5. The first kappa shape index (κ1) is 20.7. The largest absolute Gasteiger partial charge is 0.325 e. The van der Waals surface area contributed by atoms with Crippen LogP contribution in [0.15, 0.2) is 78.9 Å². The Balaban J connectivity index is 1.82. The highest BCUT2D eigenvalue weighted by atomic mass is 32.2. The molecule has 0 fully saturated rings. The molecule has 0 saturated heterocycles. The minimum Gasteiger partial charge on any atom is -0.307 e. The average Bonchev–Trinajstić information content (AvgIpc) is 3.16. The van der Waals surface area contributed by atoms with E-state index in [1.165, 1.54) is 12.1 Å². The molecular weight excluding hydrogens is 416 g/mol. The molecule has 0 bridgehead atoms. The lowest BCUT2D eigenvalue weighted by Crippen LogP contribution is -2.18. The lowest BCUT2D eigenvalue weighted by Gasteiger charge is -2.16. The van der Waals surface area contributed by atoms with E-state index in [-0.39, 0.29) is 5.78 Å². The van der Waals surface area contributed by atoms with E-state index in [0.717, 1.165) is 11.7 Å². The monoisotopic (exact) mass is 434 g/mol. The predicted octanol–water partition coefficient (Wildman–Crippen LogP) is 4.18. The summed E-state index contributed by atoms with van der Waals surface area (Å²) in [5.41, 5.74) is 3.32. The Labute approximate surface area is 180 Å². The molecule has 7 nitrogen and oxygen atoms in total. The highest BCUT2D eigenvalue weighted by Crippen LogP contribution is 2.28. The van der Waals surface area contributed by atoms with Gasteiger partial charge in [-0.3, -0.25) is 14.1 Å². The van der Waals surface area contributed by atoms with Crippen LogP contribution in [0.4, 0.5) is 5.69 Å².